The Morgan fingerprint density at radius 3 is 1.63 bits per heavy atom. The number of carboxylic acid groups (broad SMARTS) is 1. The maximum Gasteiger partial charge on any atom is 0.328 e. The highest BCUT2D eigenvalue weighted by molar-refractivity contribution is 5.88. The number of ether oxygens (including phenoxy) is 1. The van der Waals surface area contributed by atoms with Gasteiger partial charge in [0.25, 0.3) is 0 Å². The van der Waals surface area contributed by atoms with Crippen molar-refractivity contribution in [3.05, 3.63) is 12.2 Å². The highest BCUT2D eigenvalue weighted by atomic mass is 16.5. The van der Waals surface area contributed by atoms with Gasteiger partial charge >= 0.3 is 11.9 Å². The Kier molecular flexibility index (Phi) is 28.4. The minimum Gasteiger partial charge on any atom is -0.480 e. The molecule has 0 heterocycles. The van der Waals surface area contributed by atoms with Crippen LogP contribution >= 0.6 is 0 Å². The Morgan fingerprint density at radius 2 is 1.13 bits per heavy atom. The van der Waals surface area contributed by atoms with E-state index >= 15 is 0 Å². The number of aliphatic hydroxyl groups excluding tert-OH is 1. The van der Waals surface area contributed by atoms with Crippen molar-refractivity contribution in [1.29, 1.82) is 0 Å². The zero-order chi connectivity index (χ0) is 34.4. The zero-order valence-corrected chi connectivity index (χ0v) is 29.7. The average molecular weight is 653 g/mol. The molecule has 268 valence electrons. The highest BCUT2D eigenvalue weighted by Crippen LogP contribution is 2.16. The van der Waals surface area contributed by atoms with Gasteiger partial charge in [-0.25, -0.2) is 4.79 Å². The first-order valence-corrected chi connectivity index (χ1v) is 18.3. The topological polar surface area (TPSA) is 142 Å². The number of nitrogens with one attached hydrogen (secondary N) is 2. The van der Waals surface area contributed by atoms with Crippen LogP contribution in [0.1, 0.15) is 163 Å². The Labute approximate surface area is 280 Å². The number of allylic oxidation sites excluding steroid dienone is 2. The molecule has 0 spiro atoms. The van der Waals surface area contributed by atoms with Crippen molar-refractivity contribution in [3.63, 3.8) is 0 Å². The maximum absolute atomic E-state index is 12.6. The van der Waals surface area contributed by atoms with Crippen LogP contribution in [0.25, 0.3) is 0 Å². The van der Waals surface area contributed by atoms with E-state index in [1.807, 2.05) is 6.08 Å². The van der Waals surface area contributed by atoms with Crippen molar-refractivity contribution >= 4 is 23.8 Å². The predicted molar refractivity (Wildman–Crippen MR) is 185 cm³/mol. The Balaban J connectivity index is 4.50. The first-order valence-electron chi connectivity index (χ1n) is 18.3. The quantitative estimate of drug-likeness (QED) is 0.0343. The van der Waals surface area contributed by atoms with Crippen molar-refractivity contribution in [2.75, 3.05) is 13.2 Å². The highest BCUT2D eigenvalue weighted by Gasteiger charge is 2.21. The molecule has 46 heavy (non-hydrogen) atoms. The second kappa shape index (κ2) is 29.9. The van der Waals surface area contributed by atoms with Crippen LogP contribution in [0.4, 0.5) is 0 Å². The summed E-state index contributed by atoms with van der Waals surface area (Å²) < 4.78 is 5.70. The molecule has 0 saturated heterocycles. The molecule has 0 aromatic rings. The molecule has 0 radical (unpaired) electrons. The van der Waals surface area contributed by atoms with E-state index in [-0.39, 0.29) is 18.8 Å². The van der Waals surface area contributed by atoms with E-state index in [0.717, 1.165) is 43.9 Å². The molecule has 2 amide bonds. The molecular formula is C37H68N2O7. The van der Waals surface area contributed by atoms with Crippen LogP contribution in [0.2, 0.25) is 0 Å². The number of unbranched alkanes of at least 4 members (excludes halogenated alkanes) is 13. The lowest BCUT2D eigenvalue weighted by molar-refractivity contribution is -0.150. The molecule has 0 aromatic heterocycles. The Morgan fingerprint density at radius 1 is 0.652 bits per heavy atom. The lowest BCUT2D eigenvalue weighted by Crippen LogP contribution is -2.47. The summed E-state index contributed by atoms with van der Waals surface area (Å²) in [5, 5.41) is 22.6. The summed E-state index contributed by atoms with van der Waals surface area (Å²) in [5.74, 6) is -1.31. The average Bonchev–Trinajstić information content (AvgIpc) is 2.99. The van der Waals surface area contributed by atoms with Crippen LogP contribution in [0.3, 0.4) is 0 Å². The molecule has 0 fully saturated rings. The number of carbonyl (C=O) groups excluding carboxylic acids is 3. The molecular weight excluding hydrogens is 584 g/mol. The van der Waals surface area contributed by atoms with Gasteiger partial charge in [-0.15, -0.1) is 0 Å². The molecule has 0 aromatic carbocycles. The summed E-state index contributed by atoms with van der Waals surface area (Å²) in [7, 11) is 0. The molecule has 2 atom stereocenters. The van der Waals surface area contributed by atoms with Crippen LogP contribution in [0, 0.1) is 11.8 Å². The zero-order valence-electron chi connectivity index (χ0n) is 29.7. The van der Waals surface area contributed by atoms with Crippen molar-refractivity contribution in [2.24, 2.45) is 11.8 Å². The molecule has 0 aliphatic rings. The lowest BCUT2D eigenvalue weighted by atomic mass is 10.0. The fraction of sp³-hybridized carbons (Fsp3) is 0.838. The first-order chi connectivity index (χ1) is 22.0. The molecule has 0 aliphatic heterocycles. The molecule has 4 N–H and O–H groups in total. The molecule has 0 aliphatic carbocycles. The molecule has 9 nitrogen and oxygen atoms in total. The maximum atomic E-state index is 12.6. The Bertz CT molecular complexity index is 829. The van der Waals surface area contributed by atoms with Crippen LogP contribution in [-0.4, -0.2) is 59.3 Å². The summed E-state index contributed by atoms with van der Waals surface area (Å²) in [6.45, 7) is 7.89. The van der Waals surface area contributed by atoms with E-state index in [4.69, 9.17) is 14.9 Å². The van der Waals surface area contributed by atoms with Gasteiger partial charge in [0, 0.05) is 6.42 Å². The second-order valence-electron chi connectivity index (χ2n) is 13.6. The Hall–Kier alpha value is -2.42. The fourth-order valence-electron chi connectivity index (χ4n) is 5.28. The molecule has 0 bridgehead atoms. The van der Waals surface area contributed by atoms with Crippen LogP contribution in [0.15, 0.2) is 12.2 Å². The number of aliphatic carboxylic acids is 1. The number of hydrogen-bond donors (Lipinski definition) is 4. The minimum absolute atomic E-state index is 0.0647. The first kappa shape index (κ1) is 43.6. The number of rotatable bonds is 31. The standard InChI is InChI=1S/C37H68N2O7/c1-30(2)23-19-15-11-7-5-9-13-17-21-25-32(27-34(41)38-28-35(42)39-33(29-40)37(44)45)46-36(43)26-22-18-14-10-6-8-12-16-20-24-31(3)4/h14,18,30-33,40H,5-13,15-17,19-29H2,1-4H3,(H,38,41)(H,39,42)(H,44,45)/b18-14+. The van der Waals surface area contributed by atoms with Crippen molar-refractivity contribution in [2.45, 2.75) is 175 Å². The van der Waals surface area contributed by atoms with Gasteiger partial charge in [0.1, 0.15) is 12.1 Å². The van der Waals surface area contributed by atoms with Crippen LogP contribution in [-0.2, 0) is 23.9 Å². The molecule has 9 heteroatoms. The predicted octanol–water partition coefficient (Wildman–Crippen LogP) is 7.64. The molecule has 0 saturated carbocycles. The smallest absolute Gasteiger partial charge is 0.328 e. The third kappa shape index (κ3) is 29.0. The van der Waals surface area contributed by atoms with Gasteiger partial charge in [0.2, 0.25) is 11.8 Å². The van der Waals surface area contributed by atoms with Crippen molar-refractivity contribution < 1.29 is 34.1 Å². The summed E-state index contributed by atoms with van der Waals surface area (Å²) in [6, 6.07) is -1.43. The fourth-order valence-corrected chi connectivity index (χ4v) is 5.28. The monoisotopic (exact) mass is 653 g/mol. The van der Waals surface area contributed by atoms with Crippen molar-refractivity contribution in [3.8, 4) is 0 Å². The summed E-state index contributed by atoms with van der Waals surface area (Å²) in [5.41, 5.74) is 0. The van der Waals surface area contributed by atoms with Gasteiger partial charge < -0.3 is 25.6 Å². The number of carboxylic acids is 1. The molecule has 2 unspecified atom stereocenters. The van der Waals surface area contributed by atoms with Gasteiger partial charge in [-0.3, -0.25) is 14.4 Å². The van der Waals surface area contributed by atoms with Gasteiger partial charge in [-0.2, -0.15) is 0 Å². The van der Waals surface area contributed by atoms with E-state index in [9.17, 15) is 19.2 Å². The number of hydrogen-bond acceptors (Lipinski definition) is 6. The second-order valence-corrected chi connectivity index (χ2v) is 13.6. The SMILES string of the molecule is CC(C)CCCCCCC/C=C/CCC(=O)OC(CCCCCCCCCCCC(C)C)CC(=O)NCC(=O)NC(CO)C(=O)O. The van der Waals surface area contributed by atoms with E-state index in [1.54, 1.807) is 0 Å². The summed E-state index contributed by atoms with van der Waals surface area (Å²) in [4.78, 5) is 48.1. The van der Waals surface area contributed by atoms with Crippen molar-refractivity contribution in [1.82, 2.24) is 10.6 Å². The van der Waals surface area contributed by atoms with Gasteiger partial charge in [0.15, 0.2) is 0 Å². The largest absolute Gasteiger partial charge is 0.480 e. The molecule has 0 rings (SSSR count). The number of aliphatic hydroxyl groups is 1. The van der Waals surface area contributed by atoms with Gasteiger partial charge in [0.05, 0.1) is 19.6 Å². The number of esters is 1. The summed E-state index contributed by atoms with van der Waals surface area (Å²) >= 11 is 0. The third-order valence-electron chi connectivity index (χ3n) is 8.11. The van der Waals surface area contributed by atoms with E-state index in [0.29, 0.717) is 12.8 Å². The number of amides is 2. The van der Waals surface area contributed by atoms with Crippen LogP contribution < -0.4 is 10.6 Å². The van der Waals surface area contributed by atoms with Gasteiger partial charge in [-0.1, -0.05) is 130 Å². The normalized spacial score (nSPS) is 12.8. The van der Waals surface area contributed by atoms with E-state index in [1.165, 1.54) is 77.0 Å². The summed E-state index contributed by atoms with van der Waals surface area (Å²) in [6.07, 6.45) is 25.4. The third-order valence-corrected chi connectivity index (χ3v) is 8.11. The minimum atomic E-state index is -1.43. The lowest BCUT2D eigenvalue weighted by Gasteiger charge is -2.18. The number of carbonyl (C=O) groups is 4. The van der Waals surface area contributed by atoms with E-state index < -0.39 is 43.1 Å². The van der Waals surface area contributed by atoms with E-state index in [2.05, 4.69) is 44.4 Å². The van der Waals surface area contributed by atoms with Crippen LogP contribution in [0.5, 0.6) is 0 Å². The van der Waals surface area contributed by atoms with Gasteiger partial charge in [-0.05, 0) is 43.9 Å².